The van der Waals surface area contributed by atoms with Crippen molar-refractivity contribution in [3.8, 4) is 23.0 Å². The Bertz CT molecular complexity index is 882. The van der Waals surface area contributed by atoms with Crippen LogP contribution in [0.3, 0.4) is 0 Å². The molecule has 6 nitrogen and oxygen atoms in total. The summed E-state index contributed by atoms with van der Waals surface area (Å²) < 4.78 is 0. The van der Waals surface area contributed by atoms with Gasteiger partial charge < -0.3 is 25.4 Å². The number of nitrogens with one attached hydrogen (secondary N) is 1. The van der Waals surface area contributed by atoms with Gasteiger partial charge in [0, 0.05) is 10.8 Å². The Morgan fingerprint density at radius 2 is 1.37 bits per heavy atom. The summed E-state index contributed by atoms with van der Waals surface area (Å²) in [6.07, 6.45) is 0. The fraction of sp³-hybridized carbons (Fsp3) is 0. The van der Waals surface area contributed by atoms with Crippen molar-refractivity contribution in [2.45, 2.75) is 0 Å². The molecule has 0 aliphatic heterocycles. The van der Waals surface area contributed by atoms with Crippen LogP contribution in [0.5, 0.6) is 23.0 Å². The second-order valence-corrected chi connectivity index (χ2v) is 4.14. The fourth-order valence-corrected chi connectivity index (χ4v) is 2.16. The lowest BCUT2D eigenvalue weighted by molar-refractivity contribution is 0.350. The topological polar surface area (TPSA) is 114 Å². The Balaban J connectivity index is 2.75. The van der Waals surface area contributed by atoms with Crippen LogP contribution in [0.2, 0.25) is 0 Å². The van der Waals surface area contributed by atoms with Gasteiger partial charge in [0.05, 0.1) is 10.9 Å². The summed E-state index contributed by atoms with van der Waals surface area (Å²) in [4.78, 5) is 14.2. The first kappa shape index (κ1) is 11.2. The van der Waals surface area contributed by atoms with Crippen molar-refractivity contribution < 1.29 is 20.4 Å². The van der Waals surface area contributed by atoms with Crippen LogP contribution in [0.1, 0.15) is 0 Å². The molecule has 0 spiro atoms. The number of rotatable bonds is 0. The lowest BCUT2D eigenvalue weighted by Crippen LogP contribution is -2.06. The van der Waals surface area contributed by atoms with Crippen LogP contribution >= 0.6 is 0 Å². The first-order chi connectivity index (χ1) is 9.02. The molecule has 1 aromatic heterocycles. The third kappa shape index (κ3) is 1.33. The van der Waals surface area contributed by atoms with E-state index in [4.69, 9.17) is 0 Å². The molecule has 0 unspecified atom stereocenters. The molecule has 0 radical (unpaired) electrons. The maximum Gasteiger partial charge on any atom is 0.256 e. The highest BCUT2D eigenvalue weighted by atomic mass is 16.3. The molecule has 19 heavy (non-hydrogen) atoms. The minimum atomic E-state index is -0.879. The van der Waals surface area contributed by atoms with Gasteiger partial charge in [0.1, 0.15) is 0 Å². The fourth-order valence-electron chi connectivity index (χ4n) is 2.16. The third-order valence-electron chi connectivity index (χ3n) is 3.08. The van der Waals surface area contributed by atoms with Gasteiger partial charge in [0.15, 0.2) is 11.5 Å². The van der Waals surface area contributed by atoms with Gasteiger partial charge in [-0.2, -0.15) is 0 Å². The van der Waals surface area contributed by atoms with Gasteiger partial charge in [0.2, 0.25) is 11.5 Å². The third-order valence-corrected chi connectivity index (χ3v) is 3.08. The number of benzene rings is 2. The van der Waals surface area contributed by atoms with Crippen LogP contribution in [0.15, 0.2) is 29.1 Å². The highest BCUT2D eigenvalue weighted by molar-refractivity contribution is 6.12. The number of aromatic hydroxyl groups is 4. The number of phenolic OH excluding ortho intramolecular Hbond substituents is 4. The first-order valence-electron chi connectivity index (χ1n) is 5.43. The van der Waals surface area contributed by atoms with E-state index < -0.39 is 28.6 Å². The average Bonchev–Trinajstić information content (AvgIpc) is 2.43. The summed E-state index contributed by atoms with van der Waals surface area (Å²) in [5.74, 6) is -3.00. The Kier molecular flexibility index (Phi) is 2.10. The van der Waals surface area contributed by atoms with Crippen molar-refractivity contribution in [3.63, 3.8) is 0 Å². The summed E-state index contributed by atoms with van der Waals surface area (Å²) in [5, 5.41) is 39.4. The number of H-pyrrole nitrogens is 1. The molecule has 0 aliphatic carbocycles. The SMILES string of the molecule is O=c1[nH]c2c(O)c(O)c(O)c(O)c2c2ccccc12. The summed E-state index contributed by atoms with van der Waals surface area (Å²) in [6, 6.07) is 6.43. The summed E-state index contributed by atoms with van der Waals surface area (Å²) >= 11 is 0. The van der Waals surface area contributed by atoms with Gasteiger partial charge in [0.25, 0.3) is 5.56 Å². The van der Waals surface area contributed by atoms with Gasteiger partial charge in [-0.1, -0.05) is 18.2 Å². The predicted octanol–water partition coefficient (Wildman–Crippen LogP) is 1.50. The van der Waals surface area contributed by atoms with Gasteiger partial charge >= 0.3 is 0 Å². The van der Waals surface area contributed by atoms with E-state index in [1.807, 2.05) is 0 Å². The van der Waals surface area contributed by atoms with Crippen LogP contribution in [0, 0.1) is 0 Å². The van der Waals surface area contributed by atoms with Crippen LogP contribution in [0.25, 0.3) is 21.7 Å². The molecule has 5 N–H and O–H groups in total. The second-order valence-electron chi connectivity index (χ2n) is 4.14. The summed E-state index contributed by atoms with van der Waals surface area (Å²) in [5.41, 5.74) is -0.598. The van der Waals surface area contributed by atoms with Crippen molar-refractivity contribution >= 4 is 21.7 Å². The number of aromatic amines is 1. The van der Waals surface area contributed by atoms with E-state index in [1.165, 1.54) is 0 Å². The molecule has 0 fully saturated rings. The normalized spacial score (nSPS) is 11.2. The lowest BCUT2D eigenvalue weighted by atomic mass is 10.0. The van der Waals surface area contributed by atoms with Gasteiger partial charge in [-0.05, 0) is 6.07 Å². The van der Waals surface area contributed by atoms with Crippen molar-refractivity contribution in [3.05, 3.63) is 34.6 Å². The second kappa shape index (κ2) is 3.55. The van der Waals surface area contributed by atoms with E-state index in [0.717, 1.165) is 0 Å². The average molecular weight is 259 g/mol. The van der Waals surface area contributed by atoms with Crippen LogP contribution in [0.4, 0.5) is 0 Å². The van der Waals surface area contributed by atoms with Crippen LogP contribution in [-0.2, 0) is 0 Å². The lowest BCUT2D eigenvalue weighted by Gasteiger charge is -2.10. The molecule has 6 heteroatoms. The Morgan fingerprint density at radius 1 is 0.789 bits per heavy atom. The van der Waals surface area contributed by atoms with E-state index >= 15 is 0 Å². The maximum absolute atomic E-state index is 11.9. The summed E-state index contributed by atoms with van der Waals surface area (Å²) in [6.45, 7) is 0. The summed E-state index contributed by atoms with van der Waals surface area (Å²) in [7, 11) is 0. The Labute approximate surface area is 105 Å². The zero-order valence-electron chi connectivity index (χ0n) is 9.51. The van der Waals surface area contributed by atoms with E-state index in [9.17, 15) is 25.2 Å². The maximum atomic E-state index is 11.9. The number of fused-ring (bicyclic) bond motifs is 3. The molecule has 3 aromatic rings. The van der Waals surface area contributed by atoms with Gasteiger partial charge in [-0.3, -0.25) is 4.79 Å². The zero-order chi connectivity index (χ0) is 13.7. The molecule has 0 bridgehead atoms. The molecular weight excluding hydrogens is 250 g/mol. The van der Waals surface area contributed by atoms with Crippen molar-refractivity contribution in [1.82, 2.24) is 4.98 Å². The zero-order valence-corrected chi connectivity index (χ0v) is 9.51. The quantitative estimate of drug-likeness (QED) is 0.238. The van der Waals surface area contributed by atoms with E-state index in [1.54, 1.807) is 24.3 Å². The molecule has 0 amide bonds. The minimum Gasteiger partial charge on any atom is -0.504 e. The molecule has 0 aliphatic rings. The molecule has 0 saturated carbocycles. The number of phenols is 4. The number of hydrogen-bond donors (Lipinski definition) is 5. The number of hydrogen-bond acceptors (Lipinski definition) is 5. The highest BCUT2D eigenvalue weighted by Crippen LogP contribution is 2.49. The predicted molar refractivity (Wildman–Crippen MR) is 68.7 cm³/mol. The molecule has 2 aromatic carbocycles. The van der Waals surface area contributed by atoms with Gasteiger partial charge in [-0.25, -0.2) is 0 Å². The minimum absolute atomic E-state index is 0.0722. The molecule has 0 atom stereocenters. The van der Waals surface area contributed by atoms with Crippen LogP contribution < -0.4 is 5.56 Å². The van der Waals surface area contributed by atoms with Gasteiger partial charge in [-0.15, -0.1) is 0 Å². The van der Waals surface area contributed by atoms with Crippen molar-refractivity contribution in [2.75, 3.05) is 0 Å². The van der Waals surface area contributed by atoms with Crippen molar-refractivity contribution in [2.24, 2.45) is 0 Å². The van der Waals surface area contributed by atoms with Crippen LogP contribution in [-0.4, -0.2) is 25.4 Å². The number of pyridine rings is 1. The van der Waals surface area contributed by atoms with Crippen molar-refractivity contribution in [1.29, 1.82) is 0 Å². The number of aromatic nitrogens is 1. The highest BCUT2D eigenvalue weighted by Gasteiger charge is 2.21. The monoisotopic (exact) mass is 259 g/mol. The molecule has 3 rings (SSSR count). The standard InChI is InChI=1S/C13H9NO5/c15-9-7-5-3-1-2-4-6(5)13(19)14-8(7)10(16)12(18)11(9)17/h1-4,15-18H,(H,14,19). The molecule has 1 heterocycles. The Hall–Kier alpha value is -2.89. The Morgan fingerprint density at radius 3 is 2.05 bits per heavy atom. The van der Waals surface area contributed by atoms with E-state index in [0.29, 0.717) is 10.8 Å². The van der Waals surface area contributed by atoms with E-state index in [-0.39, 0.29) is 10.9 Å². The first-order valence-corrected chi connectivity index (χ1v) is 5.43. The largest absolute Gasteiger partial charge is 0.504 e. The smallest absolute Gasteiger partial charge is 0.256 e. The molecule has 96 valence electrons. The van der Waals surface area contributed by atoms with E-state index in [2.05, 4.69) is 4.98 Å². The molecular formula is C13H9NO5. The molecule has 0 saturated heterocycles.